The summed E-state index contributed by atoms with van der Waals surface area (Å²) < 4.78 is 5.32. The molecular weight excluding hydrogens is 374 g/mol. The first-order valence-electron chi connectivity index (χ1n) is 10.3. The fourth-order valence-electron chi connectivity index (χ4n) is 4.18. The summed E-state index contributed by atoms with van der Waals surface area (Å²) in [5.41, 5.74) is 0. The molecule has 2 aliphatic heterocycles. The minimum atomic E-state index is 0.249. The molecule has 0 aromatic carbocycles. The molecule has 28 heavy (non-hydrogen) atoms. The largest absolute Gasteiger partial charge is 0.340 e. The molecule has 152 valence electrons. The highest BCUT2D eigenvalue weighted by atomic mass is 32.1. The van der Waals surface area contributed by atoms with E-state index in [9.17, 15) is 4.79 Å². The summed E-state index contributed by atoms with van der Waals surface area (Å²) in [7, 11) is 2.21. The van der Waals surface area contributed by atoms with Crippen molar-refractivity contribution in [2.24, 2.45) is 0 Å². The number of piperidine rings is 1. The Bertz CT molecular complexity index is 754. The van der Waals surface area contributed by atoms with Crippen LogP contribution < -0.4 is 0 Å². The van der Waals surface area contributed by atoms with Crippen LogP contribution in [0.4, 0.5) is 0 Å². The molecule has 4 heterocycles. The van der Waals surface area contributed by atoms with Gasteiger partial charge in [0.1, 0.15) is 0 Å². The summed E-state index contributed by atoms with van der Waals surface area (Å²) in [5, 5.41) is 6.02. The lowest BCUT2D eigenvalue weighted by Crippen LogP contribution is -2.55. The second kappa shape index (κ2) is 9.15. The first kappa shape index (κ1) is 19.5. The van der Waals surface area contributed by atoms with Crippen LogP contribution in [-0.4, -0.2) is 83.1 Å². The summed E-state index contributed by atoms with van der Waals surface area (Å²) >= 11 is 1.59. The highest BCUT2D eigenvalue weighted by molar-refractivity contribution is 7.13. The van der Waals surface area contributed by atoms with Gasteiger partial charge in [-0.2, -0.15) is 4.98 Å². The van der Waals surface area contributed by atoms with E-state index in [2.05, 4.69) is 27.0 Å². The molecule has 2 aromatic rings. The third-order valence-corrected chi connectivity index (χ3v) is 6.64. The van der Waals surface area contributed by atoms with Crippen molar-refractivity contribution in [2.45, 2.75) is 38.1 Å². The maximum atomic E-state index is 12.5. The number of carbonyl (C=O) groups excluding carboxylic acids is 1. The Kier molecular flexibility index (Phi) is 6.39. The molecule has 1 atom stereocenters. The second-order valence-corrected chi connectivity index (χ2v) is 8.77. The number of likely N-dealkylation sites (tertiary alicyclic amines) is 1. The number of likely N-dealkylation sites (N-methyl/N-ethyl adjacent to an activating group) is 1. The minimum Gasteiger partial charge on any atom is -0.340 e. The van der Waals surface area contributed by atoms with Crippen LogP contribution in [0.15, 0.2) is 22.0 Å². The number of piperazine rings is 1. The molecule has 2 fully saturated rings. The van der Waals surface area contributed by atoms with Gasteiger partial charge in [-0.15, -0.1) is 11.3 Å². The van der Waals surface area contributed by atoms with E-state index in [4.69, 9.17) is 4.52 Å². The minimum absolute atomic E-state index is 0.249. The summed E-state index contributed by atoms with van der Waals surface area (Å²) in [6, 6.07) is 4.61. The number of hydrogen-bond donors (Lipinski definition) is 0. The van der Waals surface area contributed by atoms with Crippen LogP contribution in [-0.2, 0) is 11.2 Å². The summed E-state index contributed by atoms with van der Waals surface area (Å²) in [6.07, 6.45) is 4.51. The number of amides is 1. The number of nitrogens with zero attached hydrogens (tertiary/aromatic N) is 5. The van der Waals surface area contributed by atoms with Gasteiger partial charge in [0.2, 0.25) is 17.6 Å². The van der Waals surface area contributed by atoms with Crippen molar-refractivity contribution in [3.63, 3.8) is 0 Å². The quantitative estimate of drug-likeness (QED) is 0.738. The molecule has 2 aromatic heterocycles. The van der Waals surface area contributed by atoms with Crippen LogP contribution in [0.1, 0.15) is 31.6 Å². The Hall–Kier alpha value is -1.77. The van der Waals surface area contributed by atoms with Crippen molar-refractivity contribution in [2.75, 3.05) is 46.3 Å². The van der Waals surface area contributed by atoms with Crippen molar-refractivity contribution < 1.29 is 9.32 Å². The molecule has 4 rings (SSSR count). The molecular formula is C20H29N5O2S. The lowest BCUT2D eigenvalue weighted by Gasteiger charge is -2.42. The summed E-state index contributed by atoms with van der Waals surface area (Å²) in [5.74, 6) is 1.50. The van der Waals surface area contributed by atoms with Gasteiger partial charge in [-0.1, -0.05) is 11.2 Å². The predicted molar refractivity (Wildman–Crippen MR) is 109 cm³/mol. The fourth-order valence-corrected chi connectivity index (χ4v) is 4.83. The topological polar surface area (TPSA) is 65.7 Å². The van der Waals surface area contributed by atoms with Crippen molar-refractivity contribution in [3.05, 3.63) is 23.4 Å². The van der Waals surface area contributed by atoms with Crippen LogP contribution in [0.5, 0.6) is 0 Å². The number of aryl methyl sites for hydroxylation is 1. The van der Waals surface area contributed by atoms with Gasteiger partial charge in [0.25, 0.3) is 0 Å². The molecule has 8 heteroatoms. The van der Waals surface area contributed by atoms with E-state index in [0.717, 1.165) is 44.0 Å². The van der Waals surface area contributed by atoms with Crippen LogP contribution in [0, 0.1) is 0 Å². The van der Waals surface area contributed by atoms with Crippen LogP contribution in [0.3, 0.4) is 0 Å². The molecule has 7 nitrogen and oxygen atoms in total. The normalized spacial score (nSPS) is 21.9. The number of rotatable bonds is 6. The molecule has 1 unspecified atom stereocenters. The van der Waals surface area contributed by atoms with E-state index in [0.29, 0.717) is 30.6 Å². The number of hydrogen-bond acceptors (Lipinski definition) is 7. The van der Waals surface area contributed by atoms with Gasteiger partial charge in [-0.05, 0) is 44.3 Å². The first-order chi connectivity index (χ1) is 13.7. The van der Waals surface area contributed by atoms with Gasteiger partial charge in [-0.3, -0.25) is 9.69 Å². The molecule has 0 spiro atoms. The molecule has 2 saturated heterocycles. The predicted octanol–water partition coefficient (Wildman–Crippen LogP) is 2.36. The molecule has 0 N–H and O–H groups in total. The maximum absolute atomic E-state index is 12.5. The van der Waals surface area contributed by atoms with Crippen molar-refractivity contribution in [3.8, 4) is 10.7 Å². The van der Waals surface area contributed by atoms with E-state index in [-0.39, 0.29) is 5.91 Å². The van der Waals surface area contributed by atoms with E-state index < -0.39 is 0 Å². The van der Waals surface area contributed by atoms with Gasteiger partial charge >= 0.3 is 0 Å². The standard InChI is InChI=1S/C20H29N5O2S/c1-23-9-3-5-16(15-23)24-10-12-25(13-11-24)19(26)8-2-7-18-21-20(22-27-18)17-6-4-14-28-17/h4,6,14,16H,2-3,5,7-13,15H2,1H3. The maximum Gasteiger partial charge on any atom is 0.226 e. The Morgan fingerprint density at radius 3 is 2.89 bits per heavy atom. The highest BCUT2D eigenvalue weighted by Gasteiger charge is 2.28. The number of thiophene rings is 1. The fraction of sp³-hybridized carbons (Fsp3) is 0.650. The Balaban J connectivity index is 1.18. The van der Waals surface area contributed by atoms with Crippen molar-refractivity contribution in [1.82, 2.24) is 24.8 Å². The Labute approximate surface area is 170 Å². The molecule has 2 aliphatic rings. The molecule has 0 bridgehead atoms. The zero-order valence-corrected chi connectivity index (χ0v) is 17.4. The SMILES string of the molecule is CN1CCCC(N2CCN(C(=O)CCCc3nc(-c4cccs4)no3)CC2)C1. The molecule has 0 aliphatic carbocycles. The lowest BCUT2D eigenvalue weighted by atomic mass is 10.0. The zero-order chi connectivity index (χ0) is 19.3. The van der Waals surface area contributed by atoms with Crippen LogP contribution >= 0.6 is 11.3 Å². The molecule has 0 radical (unpaired) electrons. The number of carbonyl (C=O) groups is 1. The third-order valence-electron chi connectivity index (χ3n) is 5.77. The van der Waals surface area contributed by atoms with Crippen LogP contribution in [0.25, 0.3) is 10.7 Å². The first-order valence-corrected chi connectivity index (χ1v) is 11.1. The second-order valence-electron chi connectivity index (χ2n) is 7.82. The molecule has 0 saturated carbocycles. The Morgan fingerprint density at radius 2 is 2.14 bits per heavy atom. The van der Waals surface area contributed by atoms with Gasteiger partial charge < -0.3 is 14.3 Å². The van der Waals surface area contributed by atoms with Crippen molar-refractivity contribution >= 4 is 17.2 Å². The molecule has 1 amide bonds. The smallest absolute Gasteiger partial charge is 0.226 e. The van der Waals surface area contributed by atoms with E-state index >= 15 is 0 Å². The van der Waals surface area contributed by atoms with Crippen molar-refractivity contribution in [1.29, 1.82) is 0 Å². The van der Waals surface area contributed by atoms with Gasteiger partial charge in [0.05, 0.1) is 4.88 Å². The van der Waals surface area contributed by atoms with E-state index in [1.807, 2.05) is 22.4 Å². The summed E-state index contributed by atoms with van der Waals surface area (Å²) in [6.45, 7) is 6.07. The van der Waals surface area contributed by atoms with Gasteiger partial charge in [0.15, 0.2) is 0 Å². The van der Waals surface area contributed by atoms with E-state index in [1.165, 1.54) is 19.4 Å². The third kappa shape index (κ3) is 4.79. The van der Waals surface area contributed by atoms with Crippen LogP contribution in [0.2, 0.25) is 0 Å². The number of aromatic nitrogens is 2. The highest BCUT2D eigenvalue weighted by Crippen LogP contribution is 2.22. The summed E-state index contributed by atoms with van der Waals surface area (Å²) in [4.78, 5) is 25.0. The van der Waals surface area contributed by atoms with Gasteiger partial charge in [-0.25, -0.2) is 0 Å². The average molecular weight is 404 g/mol. The average Bonchev–Trinajstić information content (AvgIpc) is 3.40. The van der Waals surface area contributed by atoms with Gasteiger partial charge in [0, 0.05) is 51.6 Å². The monoisotopic (exact) mass is 403 g/mol. The lowest BCUT2D eigenvalue weighted by molar-refractivity contribution is -0.133. The Morgan fingerprint density at radius 1 is 1.29 bits per heavy atom. The zero-order valence-electron chi connectivity index (χ0n) is 16.5. The van der Waals surface area contributed by atoms with E-state index in [1.54, 1.807) is 11.3 Å².